The zero-order valence-corrected chi connectivity index (χ0v) is 36.0. The summed E-state index contributed by atoms with van der Waals surface area (Å²) in [6, 6.07) is 47.7. The van der Waals surface area contributed by atoms with Crippen molar-refractivity contribution in [2.24, 2.45) is 5.41 Å². The van der Waals surface area contributed by atoms with Crippen LogP contribution in [0.15, 0.2) is 133 Å². The maximum absolute atomic E-state index is 6.75. The summed E-state index contributed by atoms with van der Waals surface area (Å²) < 4.78 is 8.95. The SMILES string of the molecule is CC(C)(C)C1=CN(c2[c-]c(Oc3[c-]c4c(cc3)c3ccccc3n4-c3cc(C(C)(C)C)ccn3)cc(-c3ccccc3)c2)[CH-]N1c1cccc(C(C)(C)C)c1.[Pt]. The molecule has 0 saturated heterocycles. The predicted molar refractivity (Wildman–Crippen MR) is 229 cm³/mol. The molecule has 5 aromatic carbocycles. The summed E-state index contributed by atoms with van der Waals surface area (Å²) in [5.74, 6) is 2.07. The maximum Gasteiger partial charge on any atom is 0.135 e. The van der Waals surface area contributed by atoms with Gasteiger partial charge in [0.25, 0.3) is 0 Å². The van der Waals surface area contributed by atoms with Crippen LogP contribution < -0.4 is 14.5 Å². The minimum Gasteiger partial charge on any atom is -0.509 e. The molecule has 56 heavy (non-hydrogen) atoms. The van der Waals surface area contributed by atoms with Gasteiger partial charge in [-0.3, -0.25) is 0 Å². The second-order valence-corrected chi connectivity index (χ2v) is 17.6. The standard InChI is InChI=1S/C50H49N4O.Pt/c1-48(2,3)36-18-15-19-38(28-36)53-33-52(32-46(53)50(7,8)9)39-26-35(34-16-11-10-12-17-34)27-41(30-39)55-40-22-23-43-42-20-13-14-21-44(42)54(45(43)31-40)47-29-37(24-25-51-47)49(4,5)6;/h10-29,32-33H,1-9H3;/q-3;. The molecule has 0 N–H and O–H groups in total. The molecule has 0 bridgehead atoms. The zero-order chi connectivity index (χ0) is 38.7. The van der Waals surface area contributed by atoms with Gasteiger partial charge in [-0.15, -0.1) is 53.6 Å². The van der Waals surface area contributed by atoms with E-state index in [-0.39, 0.29) is 37.3 Å². The topological polar surface area (TPSA) is 33.5 Å². The Morgan fingerprint density at radius 2 is 1.32 bits per heavy atom. The predicted octanol–water partition coefficient (Wildman–Crippen LogP) is 13.2. The fourth-order valence-corrected chi connectivity index (χ4v) is 7.25. The Balaban J connectivity index is 0.00000480. The summed E-state index contributed by atoms with van der Waals surface area (Å²) in [5, 5.41) is 2.24. The molecule has 0 spiro atoms. The van der Waals surface area contributed by atoms with Crippen LogP contribution in [-0.2, 0) is 31.9 Å². The van der Waals surface area contributed by atoms with Gasteiger partial charge in [-0.25, -0.2) is 4.98 Å². The molecule has 6 heteroatoms. The summed E-state index contributed by atoms with van der Waals surface area (Å²) in [5.41, 5.74) is 9.74. The van der Waals surface area contributed by atoms with E-state index in [0.717, 1.165) is 50.1 Å². The molecule has 2 aromatic heterocycles. The van der Waals surface area contributed by atoms with Gasteiger partial charge < -0.3 is 19.1 Å². The molecule has 0 radical (unpaired) electrons. The van der Waals surface area contributed by atoms with Gasteiger partial charge in [0, 0.05) is 61.1 Å². The molecule has 288 valence electrons. The van der Waals surface area contributed by atoms with E-state index in [2.05, 4.69) is 205 Å². The number of hydrogen-bond acceptors (Lipinski definition) is 4. The molecule has 5 nitrogen and oxygen atoms in total. The number of aromatic nitrogens is 2. The number of anilines is 2. The summed E-state index contributed by atoms with van der Waals surface area (Å²) in [6.45, 7) is 22.4. The third kappa shape index (κ3) is 7.67. The number of fused-ring (bicyclic) bond motifs is 3. The van der Waals surface area contributed by atoms with E-state index in [1.54, 1.807) is 0 Å². The van der Waals surface area contributed by atoms with Crippen molar-refractivity contribution in [3.63, 3.8) is 0 Å². The molecule has 8 rings (SSSR count). The van der Waals surface area contributed by atoms with Crippen molar-refractivity contribution >= 4 is 33.2 Å². The van der Waals surface area contributed by atoms with Crippen LogP contribution in [0.4, 0.5) is 11.4 Å². The van der Waals surface area contributed by atoms with Crippen LogP contribution in [0.3, 0.4) is 0 Å². The molecule has 0 amide bonds. The number of hydrogen-bond donors (Lipinski definition) is 0. The quantitative estimate of drug-likeness (QED) is 0.156. The smallest absolute Gasteiger partial charge is 0.135 e. The largest absolute Gasteiger partial charge is 0.509 e. The fraction of sp³-hybridized carbons (Fsp3) is 0.240. The Hall–Kier alpha value is -5.12. The van der Waals surface area contributed by atoms with E-state index in [0.29, 0.717) is 11.5 Å². The van der Waals surface area contributed by atoms with E-state index in [1.807, 2.05) is 18.3 Å². The Morgan fingerprint density at radius 1 is 0.607 bits per heavy atom. The molecule has 0 saturated carbocycles. The number of allylic oxidation sites excluding steroid dienone is 1. The monoisotopic (exact) mass is 916 g/mol. The Kier molecular flexibility index (Phi) is 10.3. The number of benzene rings is 5. The Labute approximate surface area is 346 Å². The van der Waals surface area contributed by atoms with Gasteiger partial charge in [-0.1, -0.05) is 128 Å². The molecule has 0 fully saturated rings. The van der Waals surface area contributed by atoms with Crippen LogP contribution in [0.25, 0.3) is 38.8 Å². The molecule has 1 aliphatic heterocycles. The molecule has 0 aliphatic carbocycles. The van der Waals surface area contributed by atoms with Crippen molar-refractivity contribution in [3.05, 3.63) is 163 Å². The van der Waals surface area contributed by atoms with Gasteiger partial charge in [-0.2, -0.15) is 6.07 Å². The average Bonchev–Trinajstić information content (AvgIpc) is 3.75. The van der Waals surface area contributed by atoms with Crippen LogP contribution >= 0.6 is 0 Å². The Morgan fingerprint density at radius 3 is 2.05 bits per heavy atom. The third-order valence-corrected chi connectivity index (χ3v) is 10.4. The van der Waals surface area contributed by atoms with Crippen LogP contribution in [0.1, 0.15) is 73.4 Å². The number of nitrogens with zero attached hydrogens (tertiary/aromatic N) is 4. The van der Waals surface area contributed by atoms with Gasteiger partial charge in [0.2, 0.25) is 0 Å². The maximum atomic E-state index is 6.75. The van der Waals surface area contributed by atoms with E-state index in [1.165, 1.54) is 16.8 Å². The van der Waals surface area contributed by atoms with Gasteiger partial charge in [0.05, 0.1) is 0 Å². The molecule has 0 atom stereocenters. The van der Waals surface area contributed by atoms with Crippen LogP contribution in [0, 0.1) is 24.2 Å². The first-order chi connectivity index (χ1) is 26.1. The van der Waals surface area contributed by atoms with E-state index in [4.69, 9.17) is 9.72 Å². The second kappa shape index (κ2) is 14.8. The molecular formula is C50H49N4OPt-3. The normalized spacial score (nSPS) is 13.6. The van der Waals surface area contributed by atoms with E-state index >= 15 is 0 Å². The molecule has 7 aromatic rings. The minimum atomic E-state index is -0.122. The summed E-state index contributed by atoms with van der Waals surface area (Å²) >= 11 is 0. The number of pyridine rings is 1. The van der Waals surface area contributed by atoms with E-state index < -0.39 is 0 Å². The van der Waals surface area contributed by atoms with Crippen molar-refractivity contribution in [2.45, 2.75) is 73.1 Å². The van der Waals surface area contributed by atoms with Crippen LogP contribution in [-0.4, -0.2) is 9.55 Å². The van der Waals surface area contributed by atoms with Gasteiger partial charge in [0.1, 0.15) is 5.82 Å². The van der Waals surface area contributed by atoms with Gasteiger partial charge in [0.15, 0.2) is 0 Å². The van der Waals surface area contributed by atoms with Gasteiger partial charge >= 0.3 is 0 Å². The third-order valence-electron chi connectivity index (χ3n) is 10.4. The first-order valence-electron chi connectivity index (χ1n) is 19.1. The summed E-state index contributed by atoms with van der Waals surface area (Å²) in [6.07, 6.45) is 4.13. The van der Waals surface area contributed by atoms with Crippen molar-refractivity contribution in [1.82, 2.24) is 9.55 Å². The van der Waals surface area contributed by atoms with Crippen molar-refractivity contribution in [2.75, 3.05) is 9.80 Å². The van der Waals surface area contributed by atoms with Gasteiger partial charge in [-0.05, 0) is 69.4 Å². The van der Waals surface area contributed by atoms with Crippen LogP contribution in [0.5, 0.6) is 11.5 Å². The first kappa shape index (κ1) is 39.1. The molecule has 3 heterocycles. The van der Waals surface area contributed by atoms with Crippen molar-refractivity contribution in [1.29, 1.82) is 0 Å². The second-order valence-electron chi connectivity index (χ2n) is 17.6. The molecular weight excluding hydrogens is 868 g/mol. The molecule has 0 unspecified atom stereocenters. The van der Waals surface area contributed by atoms with Crippen LogP contribution in [0.2, 0.25) is 0 Å². The number of rotatable bonds is 6. The summed E-state index contributed by atoms with van der Waals surface area (Å²) in [7, 11) is 0. The fourth-order valence-electron chi connectivity index (χ4n) is 7.25. The summed E-state index contributed by atoms with van der Waals surface area (Å²) in [4.78, 5) is 9.33. The number of para-hydroxylation sites is 1. The zero-order valence-electron chi connectivity index (χ0n) is 33.7. The number of ether oxygens (including phenoxy) is 1. The first-order valence-corrected chi connectivity index (χ1v) is 19.1. The van der Waals surface area contributed by atoms with E-state index in [9.17, 15) is 0 Å². The molecule has 1 aliphatic rings. The minimum absolute atomic E-state index is 0. The average molecular weight is 917 g/mol. The Bertz CT molecular complexity index is 2570. The van der Waals surface area contributed by atoms with Crippen molar-refractivity contribution < 1.29 is 25.8 Å². The van der Waals surface area contributed by atoms with Crippen molar-refractivity contribution in [3.8, 4) is 28.4 Å².